The second-order valence-corrected chi connectivity index (χ2v) is 4.75. The topological polar surface area (TPSA) is 37.4 Å². The van der Waals surface area contributed by atoms with E-state index in [2.05, 4.69) is 0 Å². The van der Waals surface area contributed by atoms with E-state index < -0.39 is 0 Å². The highest BCUT2D eigenvalue weighted by Crippen LogP contribution is 2.27. The van der Waals surface area contributed by atoms with Crippen molar-refractivity contribution in [3.05, 3.63) is 0 Å². The van der Waals surface area contributed by atoms with Crippen molar-refractivity contribution in [1.29, 1.82) is 0 Å². The maximum absolute atomic E-state index is 11.6. The molecule has 0 bridgehead atoms. The van der Waals surface area contributed by atoms with Gasteiger partial charge in [0.1, 0.15) is 6.29 Å². The molecule has 0 N–H and O–H groups in total. The number of hydrogen-bond acceptors (Lipinski definition) is 2. The van der Waals surface area contributed by atoms with Crippen LogP contribution in [0.4, 0.5) is 0 Å². The van der Waals surface area contributed by atoms with E-state index in [4.69, 9.17) is 0 Å². The first kappa shape index (κ1) is 10.7. The van der Waals surface area contributed by atoms with Crippen molar-refractivity contribution in [2.75, 3.05) is 6.54 Å². The molecule has 3 nitrogen and oxygen atoms in total. The molecule has 84 valence electrons. The third-order valence-corrected chi connectivity index (χ3v) is 3.73. The van der Waals surface area contributed by atoms with Gasteiger partial charge in [0.25, 0.3) is 0 Å². The normalized spacial score (nSPS) is 32.8. The first-order chi connectivity index (χ1) is 7.31. The van der Waals surface area contributed by atoms with Gasteiger partial charge in [0.15, 0.2) is 0 Å². The Labute approximate surface area is 90.8 Å². The van der Waals surface area contributed by atoms with Gasteiger partial charge in [-0.15, -0.1) is 0 Å². The van der Waals surface area contributed by atoms with Gasteiger partial charge in [-0.05, 0) is 32.1 Å². The summed E-state index contributed by atoms with van der Waals surface area (Å²) in [6.07, 6.45) is 8.04. The molecule has 0 aromatic carbocycles. The molecule has 1 saturated heterocycles. The van der Waals surface area contributed by atoms with Crippen molar-refractivity contribution in [2.45, 2.75) is 51.0 Å². The predicted octanol–water partition coefficient (Wildman–Crippen LogP) is 1.76. The fourth-order valence-corrected chi connectivity index (χ4v) is 2.81. The fourth-order valence-electron chi connectivity index (χ4n) is 2.81. The number of carbonyl (C=O) groups excluding carboxylic acids is 2. The molecule has 1 saturated carbocycles. The highest BCUT2D eigenvalue weighted by Gasteiger charge is 2.29. The number of aldehydes is 1. The molecular formula is C12H19NO2. The number of carbonyl (C=O) groups is 2. The Hall–Kier alpha value is -0.860. The highest BCUT2D eigenvalue weighted by atomic mass is 16.2. The second kappa shape index (κ2) is 4.77. The number of likely N-dealkylation sites (tertiary alicyclic amines) is 1. The Kier molecular flexibility index (Phi) is 3.39. The zero-order valence-corrected chi connectivity index (χ0v) is 9.15. The Morgan fingerprint density at radius 2 is 2.00 bits per heavy atom. The molecule has 0 radical (unpaired) electrons. The smallest absolute Gasteiger partial charge is 0.222 e. The van der Waals surface area contributed by atoms with Crippen LogP contribution in [0.15, 0.2) is 0 Å². The van der Waals surface area contributed by atoms with Gasteiger partial charge in [-0.1, -0.05) is 6.42 Å². The van der Waals surface area contributed by atoms with Crippen LogP contribution in [0.25, 0.3) is 0 Å². The molecule has 2 fully saturated rings. The Morgan fingerprint density at radius 1 is 1.13 bits per heavy atom. The fraction of sp³-hybridized carbons (Fsp3) is 0.833. The SMILES string of the molecule is O=C[C@H]1CCC[C@H](N2CCCC2=O)CC1. The van der Waals surface area contributed by atoms with Gasteiger partial charge < -0.3 is 9.69 Å². The van der Waals surface area contributed by atoms with E-state index in [1.165, 1.54) is 0 Å². The van der Waals surface area contributed by atoms with E-state index in [9.17, 15) is 9.59 Å². The standard InChI is InChI=1S/C12H19NO2/c14-9-10-3-1-4-11(7-6-10)13-8-2-5-12(13)15/h9-11H,1-8H2/t10-,11-/m0/s1. The van der Waals surface area contributed by atoms with Crippen LogP contribution >= 0.6 is 0 Å². The van der Waals surface area contributed by atoms with Crippen molar-refractivity contribution in [2.24, 2.45) is 5.92 Å². The first-order valence-corrected chi connectivity index (χ1v) is 6.06. The number of hydrogen-bond donors (Lipinski definition) is 0. The van der Waals surface area contributed by atoms with Crippen LogP contribution in [0.2, 0.25) is 0 Å². The summed E-state index contributed by atoms with van der Waals surface area (Å²) >= 11 is 0. The lowest BCUT2D eigenvalue weighted by Crippen LogP contribution is -2.35. The average Bonchev–Trinajstić information content (AvgIpc) is 2.54. The summed E-state index contributed by atoms with van der Waals surface area (Å²) < 4.78 is 0. The van der Waals surface area contributed by atoms with Crippen LogP contribution in [-0.2, 0) is 9.59 Å². The third kappa shape index (κ3) is 2.39. The van der Waals surface area contributed by atoms with Crippen molar-refractivity contribution in [3.63, 3.8) is 0 Å². The van der Waals surface area contributed by atoms with Crippen LogP contribution in [0.1, 0.15) is 44.9 Å². The second-order valence-electron chi connectivity index (χ2n) is 4.75. The van der Waals surface area contributed by atoms with Crippen LogP contribution in [0.3, 0.4) is 0 Å². The lowest BCUT2D eigenvalue weighted by molar-refractivity contribution is -0.129. The molecule has 0 aromatic heterocycles. The van der Waals surface area contributed by atoms with Gasteiger partial charge in [-0.25, -0.2) is 0 Å². The maximum atomic E-state index is 11.6. The quantitative estimate of drug-likeness (QED) is 0.513. The minimum absolute atomic E-state index is 0.243. The summed E-state index contributed by atoms with van der Waals surface area (Å²) in [5.74, 6) is 0.567. The van der Waals surface area contributed by atoms with Gasteiger partial charge in [-0.3, -0.25) is 4.79 Å². The average molecular weight is 209 g/mol. The van der Waals surface area contributed by atoms with Gasteiger partial charge >= 0.3 is 0 Å². The summed E-state index contributed by atoms with van der Waals surface area (Å²) in [6.45, 7) is 0.940. The van der Waals surface area contributed by atoms with Crippen LogP contribution in [0, 0.1) is 5.92 Å². The minimum atomic E-state index is 0.243. The van der Waals surface area contributed by atoms with Crippen molar-refractivity contribution in [1.82, 2.24) is 4.90 Å². The van der Waals surface area contributed by atoms with Crippen LogP contribution in [0.5, 0.6) is 0 Å². The predicted molar refractivity (Wildman–Crippen MR) is 57.4 cm³/mol. The van der Waals surface area contributed by atoms with Gasteiger partial charge in [0.05, 0.1) is 0 Å². The molecular weight excluding hydrogens is 190 g/mol. The van der Waals surface area contributed by atoms with E-state index in [0.29, 0.717) is 11.9 Å². The summed E-state index contributed by atoms with van der Waals surface area (Å²) in [6, 6.07) is 0.421. The molecule has 15 heavy (non-hydrogen) atoms. The molecule has 2 atom stereocenters. The lowest BCUT2D eigenvalue weighted by Gasteiger charge is -2.26. The van der Waals surface area contributed by atoms with Gasteiger partial charge in [-0.2, -0.15) is 0 Å². The van der Waals surface area contributed by atoms with Crippen LogP contribution < -0.4 is 0 Å². The molecule has 1 aliphatic heterocycles. The highest BCUT2D eigenvalue weighted by molar-refractivity contribution is 5.78. The molecule has 2 rings (SSSR count). The molecule has 1 heterocycles. The largest absolute Gasteiger partial charge is 0.340 e. The summed E-state index contributed by atoms with van der Waals surface area (Å²) in [5, 5.41) is 0. The Balaban J connectivity index is 1.92. The van der Waals surface area contributed by atoms with Gasteiger partial charge in [0, 0.05) is 24.9 Å². The Bertz CT molecular complexity index is 252. The monoisotopic (exact) mass is 209 g/mol. The van der Waals surface area contributed by atoms with E-state index in [1.54, 1.807) is 0 Å². The third-order valence-electron chi connectivity index (χ3n) is 3.73. The van der Waals surface area contributed by atoms with Crippen molar-refractivity contribution in [3.8, 4) is 0 Å². The summed E-state index contributed by atoms with van der Waals surface area (Å²) in [5.41, 5.74) is 0. The molecule has 1 amide bonds. The van der Waals surface area contributed by atoms with E-state index >= 15 is 0 Å². The maximum Gasteiger partial charge on any atom is 0.222 e. The first-order valence-electron chi connectivity index (χ1n) is 6.06. The molecule has 0 unspecified atom stereocenters. The van der Waals surface area contributed by atoms with Crippen molar-refractivity contribution < 1.29 is 9.59 Å². The van der Waals surface area contributed by atoms with E-state index in [1.807, 2.05) is 4.90 Å². The van der Waals surface area contributed by atoms with E-state index in [-0.39, 0.29) is 5.92 Å². The molecule has 1 aliphatic carbocycles. The van der Waals surface area contributed by atoms with Gasteiger partial charge in [0.2, 0.25) is 5.91 Å². The van der Waals surface area contributed by atoms with E-state index in [0.717, 1.165) is 57.8 Å². The summed E-state index contributed by atoms with van der Waals surface area (Å²) in [4.78, 5) is 24.4. The molecule has 3 heteroatoms. The summed E-state index contributed by atoms with van der Waals surface area (Å²) in [7, 11) is 0. The molecule has 0 aromatic rings. The minimum Gasteiger partial charge on any atom is -0.340 e. The molecule has 0 spiro atoms. The zero-order chi connectivity index (χ0) is 10.7. The number of rotatable bonds is 2. The number of amides is 1. The zero-order valence-electron chi connectivity index (χ0n) is 9.15. The van der Waals surface area contributed by atoms with Crippen molar-refractivity contribution >= 4 is 12.2 Å². The lowest BCUT2D eigenvalue weighted by atomic mass is 10.0. The number of nitrogens with zero attached hydrogens (tertiary/aromatic N) is 1. The Morgan fingerprint density at radius 3 is 2.67 bits per heavy atom. The van der Waals surface area contributed by atoms with Crippen LogP contribution in [-0.4, -0.2) is 29.7 Å². The molecule has 2 aliphatic rings.